The molecule has 0 spiro atoms. The van der Waals surface area contributed by atoms with E-state index in [1.54, 1.807) is 12.4 Å². The maximum absolute atomic E-state index is 3.93. The molecule has 1 aromatic heterocycles. The summed E-state index contributed by atoms with van der Waals surface area (Å²) >= 11 is -0.675. The zero-order valence-corrected chi connectivity index (χ0v) is 7.49. The number of aromatic nitrogens is 1. The van der Waals surface area contributed by atoms with E-state index in [1.807, 2.05) is 12.1 Å². The molecular weight excluding hydrogens is 139 g/mol. The first-order chi connectivity index (χ1) is 4.79. The predicted octanol–water partition coefficient (Wildman–Crippen LogP) is 1.74. The highest BCUT2D eigenvalue weighted by molar-refractivity contribution is 6.59. The molecule has 0 aromatic carbocycles. The van der Waals surface area contributed by atoms with Gasteiger partial charge in [-0.25, -0.2) is 0 Å². The van der Waals surface area contributed by atoms with Gasteiger partial charge < -0.3 is 4.30 Å². The fraction of sp³-hybridized carbons (Fsp3) is 0.286. The highest BCUT2D eigenvalue weighted by atomic mass is 27.2. The molecule has 1 rings (SSSR count). The Morgan fingerprint density at radius 2 is 1.90 bits per heavy atom. The number of anilines is 1. The van der Waals surface area contributed by atoms with E-state index >= 15 is 0 Å². The number of pyridine rings is 1. The lowest BCUT2D eigenvalue weighted by Gasteiger charge is -2.04. The Hall–Kier alpha value is -0.518. The smallest absolute Gasteiger partial charge is 0.404 e. The van der Waals surface area contributed by atoms with E-state index in [9.17, 15) is 0 Å². The van der Waals surface area contributed by atoms with Crippen molar-refractivity contribution in [3.05, 3.63) is 24.5 Å². The van der Waals surface area contributed by atoms with Gasteiger partial charge in [0, 0.05) is 18.1 Å². The molecule has 0 aliphatic heterocycles. The number of hydrogen-bond acceptors (Lipinski definition) is 2. The molecule has 0 atom stereocenters. The molecule has 0 radical (unpaired) electrons. The molecule has 0 bridgehead atoms. The van der Waals surface area contributed by atoms with Gasteiger partial charge in [-0.05, 0) is 12.1 Å². The molecular formula is C7H11AlN2. The van der Waals surface area contributed by atoms with E-state index in [2.05, 4.69) is 20.9 Å². The van der Waals surface area contributed by atoms with Crippen LogP contribution in [0.3, 0.4) is 0 Å². The molecule has 0 aliphatic carbocycles. The standard InChI is InChI=1S/C5H5N2.2CH3.Al/c6-5-1-3-7-4-2-5;;;/h1-4H,(H-,6,7);2*1H3;/q-1;;;+1. The zero-order chi connectivity index (χ0) is 7.40. The molecule has 1 N–H and O–H groups in total. The summed E-state index contributed by atoms with van der Waals surface area (Å²) in [6, 6.07) is 3.99. The molecule has 52 valence electrons. The van der Waals surface area contributed by atoms with Crippen molar-refractivity contribution in [3.8, 4) is 0 Å². The van der Waals surface area contributed by atoms with E-state index in [4.69, 9.17) is 0 Å². The van der Waals surface area contributed by atoms with Gasteiger partial charge in [-0.2, -0.15) is 0 Å². The molecule has 3 heteroatoms. The van der Waals surface area contributed by atoms with Crippen molar-refractivity contribution < 1.29 is 0 Å². The average Bonchev–Trinajstić information content (AvgIpc) is 1.88. The van der Waals surface area contributed by atoms with Crippen molar-refractivity contribution in [2.75, 3.05) is 4.30 Å². The summed E-state index contributed by atoms with van der Waals surface area (Å²) in [6.45, 7) is 0. The van der Waals surface area contributed by atoms with Crippen LogP contribution in [0, 0.1) is 0 Å². The quantitative estimate of drug-likeness (QED) is 0.649. The Balaban J connectivity index is 2.59. The Morgan fingerprint density at radius 3 is 2.40 bits per heavy atom. The summed E-state index contributed by atoms with van der Waals surface area (Å²) in [6.07, 6.45) is 3.61. The van der Waals surface area contributed by atoms with Crippen LogP contribution in [0.15, 0.2) is 24.5 Å². The normalized spacial score (nSPS) is 9.00. The second-order valence-electron chi connectivity index (χ2n) is 2.53. The average molecular weight is 150 g/mol. The monoisotopic (exact) mass is 150 g/mol. The molecule has 0 fully saturated rings. The number of nitrogens with one attached hydrogen (secondary N) is 1. The van der Waals surface area contributed by atoms with Crippen molar-refractivity contribution in [2.45, 2.75) is 11.6 Å². The minimum atomic E-state index is -0.675. The second kappa shape index (κ2) is 3.60. The Morgan fingerprint density at radius 1 is 1.30 bits per heavy atom. The summed E-state index contributed by atoms with van der Waals surface area (Å²) in [7, 11) is 0. The summed E-state index contributed by atoms with van der Waals surface area (Å²) in [4.78, 5) is 3.93. The van der Waals surface area contributed by atoms with E-state index in [1.165, 1.54) is 5.69 Å². The fourth-order valence-corrected chi connectivity index (χ4v) is 1.64. The first kappa shape index (κ1) is 7.59. The van der Waals surface area contributed by atoms with Crippen molar-refractivity contribution in [1.82, 2.24) is 4.98 Å². The van der Waals surface area contributed by atoms with Gasteiger partial charge in [0.15, 0.2) is 0 Å². The van der Waals surface area contributed by atoms with Crippen molar-refractivity contribution in [2.24, 2.45) is 0 Å². The molecule has 1 aromatic rings. The summed E-state index contributed by atoms with van der Waals surface area (Å²) in [5.41, 5.74) is 1.19. The predicted molar refractivity (Wildman–Crippen MR) is 45.3 cm³/mol. The minimum Gasteiger partial charge on any atom is -0.476 e. The number of nitrogens with zero attached hydrogens (tertiary/aromatic N) is 1. The Labute approximate surface area is 65.9 Å². The molecule has 0 saturated carbocycles. The van der Waals surface area contributed by atoms with Crippen LogP contribution >= 0.6 is 0 Å². The van der Waals surface area contributed by atoms with E-state index in [0.717, 1.165) is 0 Å². The first-order valence-corrected chi connectivity index (χ1v) is 6.34. The van der Waals surface area contributed by atoms with Gasteiger partial charge in [-0.1, -0.05) is 11.6 Å². The number of rotatable bonds is 2. The summed E-state index contributed by atoms with van der Waals surface area (Å²) in [5, 5.41) is 0. The van der Waals surface area contributed by atoms with Gasteiger partial charge in [0.2, 0.25) is 0 Å². The topological polar surface area (TPSA) is 24.9 Å². The third kappa shape index (κ3) is 2.38. The van der Waals surface area contributed by atoms with Gasteiger partial charge in [-0.15, -0.1) is 0 Å². The number of hydrogen-bond donors (Lipinski definition) is 1. The molecule has 2 nitrogen and oxygen atoms in total. The van der Waals surface area contributed by atoms with Crippen LogP contribution in [-0.4, -0.2) is 19.4 Å². The third-order valence-corrected chi connectivity index (χ3v) is 2.05. The third-order valence-electron chi connectivity index (χ3n) is 1.14. The SMILES string of the molecule is [CH3][Al]([CH3])[NH]c1ccncc1. The lowest BCUT2D eigenvalue weighted by atomic mass is 10.4. The van der Waals surface area contributed by atoms with E-state index in [-0.39, 0.29) is 0 Å². The van der Waals surface area contributed by atoms with Crippen LogP contribution in [0.2, 0.25) is 11.6 Å². The molecule has 0 unspecified atom stereocenters. The van der Waals surface area contributed by atoms with Crippen molar-refractivity contribution in [1.29, 1.82) is 0 Å². The van der Waals surface area contributed by atoms with Crippen LogP contribution in [0.4, 0.5) is 5.69 Å². The van der Waals surface area contributed by atoms with E-state index in [0.29, 0.717) is 0 Å². The maximum Gasteiger partial charge on any atom is 0.404 e. The zero-order valence-electron chi connectivity index (χ0n) is 6.33. The minimum absolute atomic E-state index is 0.675. The molecule has 10 heavy (non-hydrogen) atoms. The highest BCUT2D eigenvalue weighted by Crippen LogP contribution is 2.02. The summed E-state index contributed by atoms with van der Waals surface area (Å²) in [5.74, 6) is 4.50. The van der Waals surface area contributed by atoms with E-state index < -0.39 is 14.4 Å². The first-order valence-electron chi connectivity index (χ1n) is 3.45. The lowest BCUT2D eigenvalue weighted by Crippen LogP contribution is -2.14. The molecule has 0 aliphatic rings. The highest BCUT2D eigenvalue weighted by Gasteiger charge is 2.00. The van der Waals surface area contributed by atoms with Gasteiger partial charge in [0.05, 0.1) is 0 Å². The van der Waals surface area contributed by atoms with Gasteiger partial charge in [0.1, 0.15) is 0 Å². The van der Waals surface area contributed by atoms with Crippen LogP contribution in [0.5, 0.6) is 0 Å². The van der Waals surface area contributed by atoms with Crippen LogP contribution < -0.4 is 4.30 Å². The lowest BCUT2D eigenvalue weighted by molar-refractivity contribution is 1.33. The van der Waals surface area contributed by atoms with Gasteiger partial charge in [0.25, 0.3) is 0 Å². The van der Waals surface area contributed by atoms with Crippen LogP contribution in [-0.2, 0) is 0 Å². The Kier molecular flexibility index (Phi) is 2.73. The fourth-order valence-electron chi connectivity index (χ4n) is 0.781. The summed E-state index contributed by atoms with van der Waals surface area (Å²) < 4.78 is 3.40. The maximum atomic E-state index is 3.93. The van der Waals surface area contributed by atoms with Crippen LogP contribution in [0.1, 0.15) is 0 Å². The molecule has 0 amide bonds. The van der Waals surface area contributed by atoms with Gasteiger partial charge >= 0.3 is 14.4 Å². The van der Waals surface area contributed by atoms with Gasteiger partial charge in [-0.3, -0.25) is 4.98 Å². The molecule has 0 saturated heterocycles. The van der Waals surface area contributed by atoms with Crippen LogP contribution in [0.25, 0.3) is 0 Å². The largest absolute Gasteiger partial charge is 0.476 e. The second-order valence-corrected chi connectivity index (χ2v) is 5.13. The molecule has 1 heterocycles. The van der Waals surface area contributed by atoms with Crippen molar-refractivity contribution in [3.63, 3.8) is 0 Å². The van der Waals surface area contributed by atoms with Crippen molar-refractivity contribution >= 4 is 20.1 Å². The Bertz CT molecular complexity index is 186.